The quantitative estimate of drug-likeness (QED) is 0.424. The molecular weight excluding hydrogens is 358 g/mol. The number of benzene rings is 1. The van der Waals surface area contributed by atoms with E-state index in [4.69, 9.17) is 9.94 Å². The summed E-state index contributed by atoms with van der Waals surface area (Å²) in [5, 5.41) is 14.0. The van der Waals surface area contributed by atoms with Crippen molar-refractivity contribution >= 4 is 26.6 Å². The Labute approximate surface area is 152 Å². The van der Waals surface area contributed by atoms with Crippen LogP contribution in [0.3, 0.4) is 0 Å². The molecule has 0 unspecified atom stereocenters. The smallest absolute Gasteiger partial charge is 0.264 e. The van der Waals surface area contributed by atoms with Crippen LogP contribution in [-0.4, -0.2) is 46.9 Å². The third kappa shape index (κ3) is 4.15. The lowest BCUT2D eigenvalue weighted by atomic mass is 10.1. The summed E-state index contributed by atoms with van der Waals surface area (Å²) in [6.07, 6.45) is 2.67. The summed E-state index contributed by atoms with van der Waals surface area (Å²) in [4.78, 5) is 11.8. The molecule has 0 saturated carbocycles. The number of fused-ring (bicyclic) bond motifs is 1. The van der Waals surface area contributed by atoms with Crippen LogP contribution >= 0.6 is 0 Å². The molecule has 1 aromatic heterocycles. The first-order valence-corrected chi connectivity index (χ1v) is 9.74. The van der Waals surface area contributed by atoms with Gasteiger partial charge in [0.25, 0.3) is 5.91 Å². The Bertz CT molecular complexity index is 971. The fraction of sp³-hybridized carbons (Fsp3) is 0.412. The van der Waals surface area contributed by atoms with Gasteiger partial charge in [0.1, 0.15) is 12.4 Å². The van der Waals surface area contributed by atoms with E-state index < -0.39 is 20.5 Å². The number of sulfone groups is 1. The van der Waals surface area contributed by atoms with Gasteiger partial charge < -0.3 is 4.74 Å². The minimum absolute atomic E-state index is 0.0400. The van der Waals surface area contributed by atoms with Gasteiger partial charge in [-0.1, -0.05) is 5.92 Å². The molecule has 2 N–H and O–H groups in total. The zero-order valence-electron chi connectivity index (χ0n) is 14.8. The van der Waals surface area contributed by atoms with E-state index in [0.29, 0.717) is 17.9 Å². The molecule has 1 heterocycles. The molecule has 0 aliphatic heterocycles. The highest BCUT2D eigenvalue weighted by Gasteiger charge is 2.43. The third-order valence-corrected chi connectivity index (χ3v) is 6.26. The number of carbonyl (C=O) groups is 1. The molecule has 0 aliphatic carbocycles. The molecule has 0 radical (unpaired) electrons. The molecule has 2 rings (SSSR count). The molecule has 140 valence electrons. The van der Waals surface area contributed by atoms with Gasteiger partial charge in [-0.25, -0.2) is 13.9 Å². The molecule has 8 nitrogen and oxygen atoms in total. The lowest BCUT2D eigenvalue weighted by Gasteiger charge is -2.24. The van der Waals surface area contributed by atoms with E-state index in [9.17, 15) is 13.2 Å². The summed E-state index contributed by atoms with van der Waals surface area (Å²) in [5.41, 5.74) is 2.15. The van der Waals surface area contributed by atoms with Crippen molar-refractivity contribution in [1.82, 2.24) is 15.3 Å². The van der Waals surface area contributed by atoms with Gasteiger partial charge in [-0.2, -0.15) is 5.10 Å². The first-order valence-electron chi connectivity index (χ1n) is 7.85. The van der Waals surface area contributed by atoms with Crippen LogP contribution in [0.1, 0.15) is 20.3 Å². The van der Waals surface area contributed by atoms with E-state index >= 15 is 0 Å². The maximum Gasteiger partial charge on any atom is 0.264 e. The highest BCUT2D eigenvalue weighted by atomic mass is 32.2. The van der Waals surface area contributed by atoms with Crippen molar-refractivity contribution < 1.29 is 23.2 Å². The second kappa shape index (κ2) is 7.76. The fourth-order valence-electron chi connectivity index (χ4n) is 2.36. The average molecular weight is 379 g/mol. The van der Waals surface area contributed by atoms with Gasteiger partial charge in [0.15, 0.2) is 14.6 Å². The minimum Gasteiger partial charge on any atom is -0.481 e. The number of rotatable bonds is 7. The van der Waals surface area contributed by atoms with Crippen molar-refractivity contribution in [3.63, 3.8) is 0 Å². The van der Waals surface area contributed by atoms with Crippen LogP contribution in [0.5, 0.6) is 5.75 Å². The van der Waals surface area contributed by atoms with Crippen LogP contribution in [0.2, 0.25) is 0 Å². The molecule has 0 saturated heterocycles. The normalized spacial score (nSPS) is 13.5. The Morgan fingerprint density at radius 1 is 1.46 bits per heavy atom. The van der Waals surface area contributed by atoms with E-state index in [2.05, 4.69) is 16.9 Å². The monoisotopic (exact) mass is 379 g/mol. The molecule has 1 aromatic carbocycles. The van der Waals surface area contributed by atoms with Gasteiger partial charge in [-0.05, 0) is 38.5 Å². The Morgan fingerprint density at radius 2 is 2.19 bits per heavy atom. The Hall–Kier alpha value is -2.57. The highest BCUT2D eigenvalue weighted by molar-refractivity contribution is 7.92. The van der Waals surface area contributed by atoms with Gasteiger partial charge >= 0.3 is 0 Å². The number of hydrogen-bond donors (Lipinski definition) is 2. The Balaban J connectivity index is 2.19. The SMILES string of the molecule is CC#CCOc1ccc2nn(CC[C@](C)(C(=O)NO)S(C)(=O)=O)cc2c1. The number of nitrogens with one attached hydrogen (secondary N) is 1. The zero-order valence-corrected chi connectivity index (χ0v) is 15.6. The molecule has 9 heteroatoms. The number of amides is 1. The minimum atomic E-state index is -3.74. The third-order valence-electron chi connectivity index (χ3n) is 4.23. The van der Waals surface area contributed by atoms with E-state index in [0.717, 1.165) is 11.6 Å². The van der Waals surface area contributed by atoms with Crippen LogP contribution < -0.4 is 10.2 Å². The Kier molecular flexibility index (Phi) is 5.90. The second-order valence-corrected chi connectivity index (χ2v) is 8.47. The van der Waals surface area contributed by atoms with Gasteiger partial charge in [0.05, 0.1) is 5.52 Å². The topological polar surface area (TPSA) is 111 Å². The number of nitrogens with zero attached hydrogens (tertiary/aromatic N) is 2. The first kappa shape index (κ1) is 19.8. The summed E-state index contributed by atoms with van der Waals surface area (Å²) >= 11 is 0. The lowest BCUT2D eigenvalue weighted by molar-refractivity contribution is -0.131. The second-order valence-electron chi connectivity index (χ2n) is 6.02. The molecular formula is C17H21N3O5S. The summed E-state index contributed by atoms with van der Waals surface area (Å²) in [6.45, 7) is 3.48. The van der Waals surface area contributed by atoms with Crippen LogP contribution in [-0.2, 0) is 21.2 Å². The molecule has 0 spiro atoms. The van der Waals surface area contributed by atoms with E-state index in [1.54, 1.807) is 29.9 Å². The number of aromatic nitrogens is 2. The molecule has 0 aliphatic rings. The van der Waals surface area contributed by atoms with E-state index in [1.807, 2.05) is 6.07 Å². The van der Waals surface area contributed by atoms with Crippen LogP contribution in [0.4, 0.5) is 0 Å². The average Bonchev–Trinajstić information content (AvgIpc) is 3.00. The van der Waals surface area contributed by atoms with Crippen molar-refractivity contribution in [3.05, 3.63) is 24.4 Å². The van der Waals surface area contributed by atoms with E-state index in [-0.39, 0.29) is 13.0 Å². The lowest BCUT2D eigenvalue weighted by Crippen LogP contribution is -2.49. The van der Waals surface area contributed by atoms with Crippen LogP contribution in [0.25, 0.3) is 10.9 Å². The first-order chi connectivity index (χ1) is 12.2. The summed E-state index contributed by atoms with van der Waals surface area (Å²) in [6, 6.07) is 5.37. The maximum absolute atomic E-state index is 12.0. The number of hydrogen-bond acceptors (Lipinski definition) is 6. The van der Waals surface area contributed by atoms with Gasteiger partial charge in [0.2, 0.25) is 0 Å². The molecule has 1 atom stereocenters. The molecule has 2 aromatic rings. The number of ether oxygens (including phenoxy) is 1. The van der Waals surface area contributed by atoms with Crippen molar-refractivity contribution in [1.29, 1.82) is 0 Å². The highest BCUT2D eigenvalue weighted by Crippen LogP contribution is 2.24. The van der Waals surface area contributed by atoms with Gasteiger partial charge in [0, 0.05) is 24.4 Å². The zero-order chi connectivity index (χ0) is 19.4. The maximum atomic E-state index is 12.0. The van der Waals surface area contributed by atoms with Gasteiger partial charge in [-0.3, -0.25) is 14.7 Å². The molecule has 0 fully saturated rings. The van der Waals surface area contributed by atoms with Crippen LogP contribution in [0, 0.1) is 11.8 Å². The predicted molar refractivity (Wildman–Crippen MR) is 96.5 cm³/mol. The van der Waals surface area contributed by atoms with Crippen molar-refractivity contribution in [2.45, 2.75) is 31.6 Å². The summed E-state index contributed by atoms with van der Waals surface area (Å²) in [7, 11) is -3.74. The molecule has 26 heavy (non-hydrogen) atoms. The standard InChI is InChI=1S/C17H21N3O5S/c1-4-5-10-25-14-6-7-15-13(11-14)12-20(18-15)9-8-17(2,16(21)19-22)26(3,23)24/h6-7,11-12,22H,8-10H2,1-3H3,(H,19,21)/t17-/m1/s1. The number of hydroxylamine groups is 1. The molecule has 1 amide bonds. The van der Waals surface area contributed by atoms with Crippen molar-refractivity contribution in [3.8, 4) is 17.6 Å². The predicted octanol–water partition coefficient (Wildman–Crippen LogP) is 1.14. The summed E-state index contributed by atoms with van der Waals surface area (Å²) in [5.74, 6) is 5.24. The largest absolute Gasteiger partial charge is 0.481 e. The van der Waals surface area contributed by atoms with Crippen molar-refractivity contribution in [2.24, 2.45) is 0 Å². The van der Waals surface area contributed by atoms with Crippen molar-refractivity contribution in [2.75, 3.05) is 12.9 Å². The fourth-order valence-corrected chi connectivity index (χ4v) is 3.21. The van der Waals surface area contributed by atoms with E-state index in [1.165, 1.54) is 12.4 Å². The van der Waals surface area contributed by atoms with Crippen LogP contribution in [0.15, 0.2) is 24.4 Å². The Morgan fingerprint density at radius 3 is 2.81 bits per heavy atom. The summed E-state index contributed by atoms with van der Waals surface area (Å²) < 4.78 is 29.3. The molecule has 0 bridgehead atoms. The van der Waals surface area contributed by atoms with Gasteiger partial charge in [-0.15, -0.1) is 5.92 Å². The number of aryl methyl sites for hydroxylation is 1. The number of carbonyl (C=O) groups excluding carboxylic acids is 1.